The molecule has 0 aliphatic carbocycles. The van der Waals surface area contributed by atoms with Gasteiger partial charge in [-0.1, -0.05) is 36.4 Å². The second-order valence-electron chi connectivity index (χ2n) is 7.66. The largest absolute Gasteiger partial charge is 0.467 e. The first kappa shape index (κ1) is 20.5. The van der Waals surface area contributed by atoms with E-state index >= 15 is 0 Å². The number of hydrogen-bond acceptors (Lipinski definition) is 5. The Balaban J connectivity index is 1.50. The van der Waals surface area contributed by atoms with E-state index < -0.39 is 17.9 Å². The molecule has 3 heterocycles. The number of nitrogens with zero attached hydrogens (tertiary/aromatic N) is 1. The van der Waals surface area contributed by atoms with E-state index in [0.717, 1.165) is 16.5 Å². The van der Waals surface area contributed by atoms with Crippen molar-refractivity contribution in [2.75, 3.05) is 7.11 Å². The van der Waals surface area contributed by atoms with E-state index in [9.17, 15) is 9.59 Å². The first-order valence-corrected chi connectivity index (χ1v) is 10.5. The number of H-pyrrole nitrogens is 1. The van der Waals surface area contributed by atoms with Gasteiger partial charge >= 0.3 is 5.97 Å². The van der Waals surface area contributed by atoms with Crippen molar-refractivity contribution in [3.8, 4) is 11.5 Å². The Morgan fingerprint density at radius 3 is 2.64 bits per heavy atom. The van der Waals surface area contributed by atoms with Crippen LogP contribution >= 0.6 is 0 Å². The van der Waals surface area contributed by atoms with Crippen LogP contribution < -0.4 is 5.32 Å². The minimum Gasteiger partial charge on any atom is -0.467 e. The molecule has 2 N–H and O–H groups in total. The van der Waals surface area contributed by atoms with Crippen molar-refractivity contribution in [1.82, 2.24) is 15.3 Å². The van der Waals surface area contributed by atoms with Gasteiger partial charge in [0.05, 0.1) is 24.5 Å². The first-order chi connectivity index (χ1) is 16.1. The highest BCUT2D eigenvalue weighted by atomic mass is 16.5. The monoisotopic (exact) mass is 439 g/mol. The van der Waals surface area contributed by atoms with Crippen molar-refractivity contribution >= 4 is 33.7 Å². The summed E-state index contributed by atoms with van der Waals surface area (Å²) in [7, 11) is 1.31. The van der Waals surface area contributed by atoms with E-state index in [2.05, 4.69) is 15.3 Å². The molecule has 3 aromatic heterocycles. The smallest absolute Gasteiger partial charge is 0.328 e. The van der Waals surface area contributed by atoms with Gasteiger partial charge < -0.3 is 19.5 Å². The summed E-state index contributed by atoms with van der Waals surface area (Å²) in [6.45, 7) is 0. The number of carbonyl (C=O) groups excluding carboxylic acids is 2. The highest BCUT2D eigenvalue weighted by molar-refractivity contribution is 6.08. The molecule has 5 aromatic rings. The molecule has 0 aliphatic rings. The molecular weight excluding hydrogens is 418 g/mol. The normalized spacial score (nSPS) is 12.0. The molecule has 0 saturated carbocycles. The minimum absolute atomic E-state index is 0.288. The van der Waals surface area contributed by atoms with Crippen LogP contribution in [0.1, 0.15) is 15.9 Å². The lowest BCUT2D eigenvalue weighted by Gasteiger charge is -2.17. The molecule has 2 aromatic carbocycles. The fourth-order valence-corrected chi connectivity index (χ4v) is 4.01. The third-order valence-corrected chi connectivity index (χ3v) is 5.62. The molecule has 7 nitrogen and oxygen atoms in total. The van der Waals surface area contributed by atoms with Gasteiger partial charge in [0.2, 0.25) is 0 Å². The van der Waals surface area contributed by atoms with Crippen LogP contribution in [-0.2, 0) is 16.0 Å². The Morgan fingerprint density at radius 1 is 1.06 bits per heavy atom. The Bertz CT molecular complexity index is 1450. The Hall–Kier alpha value is -4.39. The van der Waals surface area contributed by atoms with Crippen LogP contribution in [0.5, 0.6) is 0 Å². The summed E-state index contributed by atoms with van der Waals surface area (Å²) in [6.07, 6.45) is 3.69. The van der Waals surface area contributed by atoms with Crippen LogP contribution in [0.25, 0.3) is 33.3 Å². The van der Waals surface area contributed by atoms with E-state index in [1.807, 2.05) is 54.7 Å². The highest BCUT2D eigenvalue weighted by Gasteiger charge is 2.25. The SMILES string of the molecule is COC(=O)[C@@H](Cc1c[nH]c2ccccc12)NC(=O)c1cc(-c2ccco2)nc2ccccc12. The van der Waals surface area contributed by atoms with E-state index in [1.165, 1.54) is 7.11 Å². The fraction of sp³-hybridized carbons (Fsp3) is 0.115. The maximum Gasteiger partial charge on any atom is 0.328 e. The highest BCUT2D eigenvalue weighted by Crippen LogP contribution is 2.26. The quantitative estimate of drug-likeness (QED) is 0.380. The van der Waals surface area contributed by atoms with Gasteiger partial charge in [-0.2, -0.15) is 0 Å². The van der Waals surface area contributed by atoms with Gasteiger partial charge in [0.1, 0.15) is 11.7 Å². The van der Waals surface area contributed by atoms with Crippen molar-refractivity contribution in [3.05, 3.63) is 90.3 Å². The molecule has 0 spiro atoms. The van der Waals surface area contributed by atoms with E-state index in [1.54, 1.807) is 24.5 Å². The summed E-state index contributed by atoms with van der Waals surface area (Å²) >= 11 is 0. The lowest BCUT2D eigenvalue weighted by molar-refractivity contribution is -0.142. The van der Waals surface area contributed by atoms with Gasteiger partial charge in [-0.25, -0.2) is 9.78 Å². The fourth-order valence-electron chi connectivity index (χ4n) is 4.01. The van der Waals surface area contributed by atoms with Crippen molar-refractivity contribution in [3.63, 3.8) is 0 Å². The van der Waals surface area contributed by atoms with Gasteiger partial charge in [0, 0.05) is 28.9 Å². The summed E-state index contributed by atoms with van der Waals surface area (Å²) in [4.78, 5) is 33.8. The van der Waals surface area contributed by atoms with Gasteiger partial charge in [0.15, 0.2) is 5.76 Å². The topological polar surface area (TPSA) is 97.2 Å². The van der Waals surface area contributed by atoms with Gasteiger partial charge in [-0.15, -0.1) is 0 Å². The summed E-state index contributed by atoms with van der Waals surface area (Å²) in [6, 6.07) is 19.5. The molecule has 1 atom stereocenters. The first-order valence-electron chi connectivity index (χ1n) is 10.5. The molecule has 0 bridgehead atoms. The molecular formula is C26H21N3O4. The lowest BCUT2D eigenvalue weighted by atomic mass is 10.0. The van der Waals surface area contributed by atoms with Crippen LogP contribution in [-0.4, -0.2) is 35.0 Å². The number of esters is 1. The lowest BCUT2D eigenvalue weighted by Crippen LogP contribution is -2.43. The molecule has 0 radical (unpaired) electrons. The summed E-state index contributed by atoms with van der Waals surface area (Å²) < 4.78 is 10.5. The van der Waals surface area contributed by atoms with Crippen LogP contribution in [0.2, 0.25) is 0 Å². The number of nitrogens with one attached hydrogen (secondary N) is 2. The predicted molar refractivity (Wildman–Crippen MR) is 125 cm³/mol. The number of methoxy groups -OCH3 is 1. The predicted octanol–water partition coefficient (Wildman–Crippen LogP) is 4.49. The number of para-hydroxylation sites is 2. The molecule has 33 heavy (non-hydrogen) atoms. The van der Waals surface area contributed by atoms with E-state index in [-0.39, 0.29) is 6.42 Å². The van der Waals surface area contributed by atoms with Crippen LogP contribution in [0.4, 0.5) is 0 Å². The second kappa shape index (κ2) is 8.63. The standard InChI is InChI=1S/C26H21N3O4/c1-32-26(31)23(13-16-15-27-20-9-4-2-7-17(16)20)29-25(30)19-14-22(24-11-6-12-33-24)28-21-10-5-3-8-18(19)21/h2-12,14-15,23,27H,13H2,1H3,(H,29,30)/t23-/m1/s1. The summed E-state index contributed by atoms with van der Waals surface area (Å²) in [5.74, 6) is -0.354. The number of hydrogen-bond donors (Lipinski definition) is 2. The van der Waals surface area contributed by atoms with Crippen molar-refractivity contribution in [2.24, 2.45) is 0 Å². The molecule has 164 valence electrons. The number of amides is 1. The number of pyridine rings is 1. The van der Waals surface area contributed by atoms with Gasteiger partial charge in [-0.05, 0) is 35.9 Å². The molecule has 1 amide bonds. The second-order valence-corrected chi connectivity index (χ2v) is 7.66. The number of fused-ring (bicyclic) bond motifs is 2. The number of aromatic nitrogens is 2. The Morgan fingerprint density at radius 2 is 1.85 bits per heavy atom. The molecule has 7 heteroatoms. The maximum atomic E-state index is 13.4. The zero-order valence-corrected chi connectivity index (χ0v) is 17.9. The van der Waals surface area contributed by atoms with Crippen LogP contribution in [0.3, 0.4) is 0 Å². The minimum atomic E-state index is -0.860. The van der Waals surface area contributed by atoms with Crippen LogP contribution in [0, 0.1) is 0 Å². The van der Waals surface area contributed by atoms with Crippen molar-refractivity contribution < 1.29 is 18.7 Å². The molecule has 0 aliphatic heterocycles. The summed E-state index contributed by atoms with van der Waals surface area (Å²) in [5, 5.41) is 4.54. The molecule has 0 fully saturated rings. The Kier molecular flexibility index (Phi) is 5.36. The molecule has 0 saturated heterocycles. The average Bonchev–Trinajstić information content (AvgIpc) is 3.53. The number of benzene rings is 2. The summed E-state index contributed by atoms with van der Waals surface area (Å²) in [5.41, 5.74) is 3.47. The van der Waals surface area contributed by atoms with Gasteiger partial charge in [0.25, 0.3) is 5.91 Å². The van der Waals surface area contributed by atoms with Crippen LogP contribution in [0.15, 0.2) is 83.6 Å². The van der Waals surface area contributed by atoms with Crippen molar-refractivity contribution in [2.45, 2.75) is 12.5 Å². The number of carbonyl (C=O) groups is 2. The zero-order chi connectivity index (χ0) is 22.8. The number of aromatic amines is 1. The molecule has 0 unspecified atom stereocenters. The number of ether oxygens (including phenoxy) is 1. The van der Waals surface area contributed by atoms with Gasteiger partial charge in [-0.3, -0.25) is 4.79 Å². The van der Waals surface area contributed by atoms with E-state index in [4.69, 9.17) is 9.15 Å². The number of furan rings is 1. The zero-order valence-electron chi connectivity index (χ0n) is 17.9. The third kappa shape index (κ3) is 3.96. The average molecular weight is 439 g/mol. The third-order valence-electron chi connectivity index (χ3n) is 5.62. The Labute approximate surface area is 189 Å². The van der Waals surface area contributed by atoms with Crippen molar-refractivity contribution in [1.29, 1.82) is 0 Å². The number of rotatable bonds is 6. The molecule has 5 rings (SSSR count). The maximum absolute atomic E-state index is 13.4. The van der Waals surface area contributed by atoms with E-state index in [0.29, 0.717) is 27.9 Å².